The summed E-state index contributed by atoms with van der Waals surface area (Å²) in [5.41, 5.74) is 1.63. The fourth-order valence-corrected chi connectivity index (χ4v) is 3.87. The summed E-state index contributed by atoms with van der Waals surface area (Å²) in [4.78, 5) is 30.5. The molecule has 1 amide bonds. The lowest BCUT2D eigenvalue weighted by molar-refractivity contribution is -0.827. The van der Waals surface area contributed by atoms with Gasteiger partial charge in [-0.15, -0.1) is 0 Å². The predicted octanol–water partition coefficient (Wildman–Crippen LogP) is 0.126. The lowest BCUT2D eigenvalue weighted by Gasteiger charge is -2.16. The lowest BCUT2D eigenvalue weighted by Crippen LogP contribution is -2.74. The number of hydroxylamine groups is 2. The van der Waals surface area contributed by atoms with Crippen LogP contribution < -0.4 is 10.2 Å². The Balaban J connectivity index is 1.68. The first-order valence-corrected chi connectivity index (χ1v) is 9.56. The normalized spacial score (nSPS) is 17.4. The van der Waals surface area contributed by atoms with Gasteiger partial charge in [-0.25, -0.2) is 24.0 Å². The summed E-state index contributed by atoms with van der Waals surface area (Å²) >= 11 is 0. The number of ether oxygens (including phenoxy) is 1. The molecule has 148 valence electrons. The summed E-state index contributed by atoms with van der Waals surface area (Å²) in [6.07, 6.45) is 0. The van der Waals surface area contributed by atoms with E-state index in [1.165, 1.54) is 19.2 Å². The summed E-state index contributed by atoms with van der Waals surface area (Å²) in [7, 11) is -0.361. The van der Waals surface area contributed by atoms with Gasteiger partial charge in [-0.05, 0) is 18.2 Å². The molecule has 10 heteroatoms. The highest BCUT2D eigenvalue weighted by atomic mass is 32.2. The number of hydrogen-bond donors (Lipinski definition) is 3. The molecule has 2 aromatic rings. The third-order valence-electron chi connectivity index (χ3n) is 4.14. The van der Waals surface area contributed by atoms with Gasteiger partial charge in [0.15, 0.2) is 5.69 Å². The zero-order valence-corrected chi connectivity index (χ0v) is 15.8. The van der Waals surface area contributed by atoms with Gasteiger partial charge >= 0.3 is 5.97 Å². The summed E-state index contributed by atoms with van der Waals surface area (Å²) in [6.45, 7) is 0.272. The molecule has 0 aromatic heterocycles. The van der Waals surface area contributed by atoms with Crippen molar-refractivity contribution in [3.05, 3.63) is 59.7 Å². The fraction of sp³-hybridized carbons (Fsp3) is 0.222. The molecule has 2 unspecified atom stereocenters. The van der Waals surface area contributed by atoms with Crippen molar-refractivity contribution in [2.45, 2.75) is 10.9 Å². The highest BCUT2D eigenvalue weighted by Gasteiger charge is 2.32. The van der Waals surface area contributed by atoms with Gasteiger partial charge in [-0.1, -0.05) is 24.3 Å². The van der Waals surface area contributed by atoms with E-state index in [1.54, 1.807) is 36.4 Å². The maximum atomic E-state index is 12.7. The number of nitrogens with two attached hydrogens (primary N) is 1. The highest BCUT2D eigenvalue weighted by molar-refractivity contribution is 7.83. The van der Waals surface area contributed by atoms with Crippen LogP contribution in [0.1, 0.15) is 20.7 Å². The van der Waals surface area contributed by atoms with Gasteiger partial charge in [-0.2, -0.15) is 5.48 Å². The van der Waals surface area contributed by atoms with Crippen molar-refractivity contribution in [3.8, 4) is 0 Å². The molecule has 0 saturated carbocycles. The van der Waals surface area contributed by atoms with E-state index in [2.05, 4.69) is 4.72 Å². The quantitative estimate of drug-likeness (QED) is 0.356. The molecule has 1 heterocycles. The average Bonchev–Trinajstić information content (AvgIpc) is 3.20. The number of amides is 1. The molecule has 3 rings (SSSR count). The summed E-state index contributed by atoms with van der Waals surface area (Å²) in [6, 6.07) is 12.6. The zero-order chi connectivity index (χ0) is 20.1. The summed E-state index contributed by atoms with van der Waals surface area (Å²) in [5.74, 6) is -1.10. The maximum Gasteiger partial charge on any atom is 0.338 e. The second-order valence-electron chi connectivity index (χ2n) is 5.95. The topological polar surface area (TPSA) is 122 Å². The molecule has 2 aromatic carbocycles. The number of para-hydroxylation sites is 1. The second kappa shape index (κ2) is 9.04. The maximum absolute atomic E-state index is 12.7. The van der Waals surface area contributed by atoms with E-state index in [-0.39, 0.29) is 30.3 Å². The van der Waals surface area contributed by atoms with Crippen LogP contribution in [-0.4, -0.2) is 52.7 Å². The number of rotatable bonds is 6. The minimum Gasteiger partial charge on any atom is -0.465 e. The lowest BCUT2D eigenvalue weighted by atomic mass is 10.1. The van der Waals surface area contributed by atoms with Crippen LogP contribution in [0.15, 0.2) is 53.4 Å². The Bertz CT molecular complexity index is 906. The van der Waals surface area contributed by atoms with Crippen molar-refractivity contribution in [2.75, 3.05) is 20.3 Å². The number of benzene rings is 2. The smallest absolute Gasteiger partial charge is 0.338 e. The Kier molecular flexibility index (Phi) is 6.49. The van der Waals surface area contributed by atoms with Crippen LogP contribution in [0.25, 0.3) is 0 Å². The molecule has 1 fully saturated rings. The van der Waals surface area contributed by atoms with Crippen molar-refractivity contribution in [3.63, 3.8) is 0 Å². The molecule has 2 atom stereocenters. The Morgan fingerprint density at radius 2 is 1.89 bits per heavy atom. The molecule has 0 aliphatic carbocycles. The molecule has 0 bridgehead atoms. The monoisotopic (exact) mass is 406 g/mol. The van der Waals surface area contributed by atoms with Crippen molar-refractivity contribution >= 4 is 28.5 Å². The van der Waals surface area contributed by atoms with Crippen LogP contribution in [0, 0.1) is 0 Å². The molecular formula is C18H20N3O6S+. The largest absolute Gasteiger partial charge is 0.465 e. The van der Waals surface area contributed by atoms with Gasteiger partial charge in [0.2, 0.25) is 0 Å². The van der Waals surface area contributed by atoms with Crippen molar-refractivity contribution in [1.82, 2.24) is 9.79 Å². The Hall–Kier alpha value is -2.63. The molecule has 1 aliphatic rings. The van der Waals surface area contributed by atoms with E-state index >= 15 is 0 Å². The van der Waals surface area contributed by atoms with Crippen LogP contribution >= 0.6 is 0 Å². The molecular weight excluding hydrogens is 386 g/mol. The van der Waals surface area contributed by atoms with Crippen LogP contribution in [0.2, 0.25) is 0 Å². The average molecular weight is 406 g/mol. The predicted molar refractivity (Wildman–Crippen MR) is 97.9 cm³/mol. The minimum absolute atomic E-state index is 0.128. The fourth-order valence-electron chi connectivity index (χ4n) is 2.76. The number of hydrogen-bond acceptors (Lipinski definition) is 6. The standard InChI is InChI=1S/C18H19N3O6S/c1-26-18(23)14-7-3-2-6-13(14)17(22)21-10-12(11-27-21)20-28(25)16-9-5-4-8-15(16)19-24/h2-9,12,19-20,24H,10-11H2,1H3/p+1. The molecule has 1 saturated heterocycles. The number of nitrogens with one attached hydrogen (secondary N) is 1. The molecule has 9 nitrogen and oxygen atoms in total. The van der Waals surface area contributed by atoms with Gasteiger partial charge in [0.1, 0.15) is 15.9 Å². The molecule has 1 aliphatic heterocycles. The van der Waals surface area contributed by atoms with E-state index < -0.39 is 22.9 Å². The van der Waals surface area contributed by atoms with Gasteiger partial charge in [0.05, 0.1) is 37.4 Å². The zero-order valence-electron chi connectivity index (χ0n) is 15.0. The molecule has 0 radical (unpaired) electrons. The Labute approximate surface area is 163 Å². The summed E-state index contributed by atoms with van der Waals surface area (Å²) < 4.78 is 20.2. The number of carbonyl (C=O) groups is 2. The van der Waals surface area contributed by atoms with Crippen LogP contribution in [0.4, 0.5) is 5.69 Å². The van der Waals surface area contributed by atoms with Crippen LogP contribution in [0.3, 0.4) is 0 Å². The van der Waals surface area contributed by atoms with E-state index in [1.807, 2.05) is 0 Å². The third kappa shape index (κ3) is 4.26. The van der Waals surface area contributed by atoms with Crippen LogP contribution in [0.5, 0.6) is 0 Å². The van der Waals surface area contributed by atoms with E-state index in [9.17, 15) is 19.0 Å². The van der Waals surface area contributed by atoms with E-state index in [0.717, 1.165) is 10.5 Å². The number of quaternary nitrogens is 1. The molecule has 4 N–H and O–H groups in total. The number of methoxy groups -OCH3 is 1. The number of carbonyl (C=O) groups excluding carboxylic acids is 2. The third-order valence-corrected chi connectivity index (χ3v) is 5.46. The first kappa shape index (κ1) is 20.1. The first-order chi connectivity index (χ1) is 13.5. The second-order valence-corrected chi connectivity index (χ2v) is 7.16. The molecule has 28 heavy (non-hydrogen) atoms. The van der Waals surface area contributed by atoms with Crippen LogP contribution in [-0.2, 0) is 20.6 Å². The van der Waals surface area contributed by atoms with E-state index in [4.69, 9.17) is 9.57 Å². The van der Waals surface area contributed by atoms with Gasteiger partial charge in [0.25, 0.3) is 5.91 Å². The number of nitrogens with zero attached hydrogens (tertiary/aromatic N) is 1. The minimum atomic E-state index is -1.60. The summed E-state index contributed by atoms with van der Waals surface area (Å²) in [5, 5.41) is 10.4. The van der Waals surface area contributed by atoms with E-state index in [0.29, 0.717) is 10.6 Å². The van der Waals surface area contributed by atoms with Crippen molar-refractivity contribution in [1.29, 1.82) is 0 Å². The number of esters is 1. The first-order valence-electron chi connectivity index (χ1n) is 8.41. The van der Waals surface area contributed by atoms with Gasteiger partial charge < -0.3 is 4.74 Å². The Morgan fingerprint density at radius 1 is 1.21 bits per heavy atom. The highest BCUT2D eigenvalue weighted by Crippen LogP contribution is 2.18. The van der Waals surface area contributed by atoms with Crippen molar-refractivity contribution < 1.29 is 34.1 Å². The van der Waals surface area contributed by atoms with Gasteiger partial charge in [0, 0.05) is 6.07 Å². The molecule has 0 spiro atoms. The van der Waals surface area contributed by atoms with Crippen molar-refractivity contribution in [2.24, 2.45) is 0 Å². The Morgan fingerprint density at radius 3 is 2.61 bits per heavy atom. The van der Waals surface area contributed by atoms with Gasteiger partial charge in [-0.3, -0.25) is 9.63 Å². The SMILES string of the molecule is COC(=O)c1ccccc1C(=O)N1CC(NS(=O)c2ccccc2[NH2+]O)CO1.